The largest absolute Gasteiger partial charge is 0.0622 e. The highest BCUT2D eigenvalue weighted by molar-refractivity contribution is 5.68. The lowest BCUT2D eigenvalue weighted by Gasteiger charge is -2.65. The summed E-state index contributed by atoms with van der Waals surface area (Å²) in [6.07, 6.45) is 21.5. The molecule has 0 radical (unpaired) electrons. The van der Waals surface area contributed by atoms with Gasteiger partial charge >= 0.3 is 0 Å². The van der Waals surface area contributed by atoms with Crippen LogP contribution in [-0.2, 0) is 0 Å². The molecular weight excluding hydrogens is 673 g/mol. The molecule has 0 aliphatic heterocycles. The minimum absolute atomic E-state index is 0.702. The maximum absolute atomic E-state index is 2.65. The molecule has 0 N–H and O–H groups in total. The van der Waals surface area contributed by atoms with Crippen LogP contribution in [0.2, 0.25) is 0 Å². The predicted molar refractivity (Wildman–Crippen MR) is 230 cm³/mol. The molecule has 0 amide bonds. The number of benzene rings is 4. The number of fused-ring (bicyclic) bond motifs is 6. The van der Waals surface area contributed by atoms with Gasteiger partial charge in [-0.05, 0) is 217 Å². The van der Waals surface area contributed by atoms with Gasteiger partial charge in [0.2, 0.25) is 0 Å². The van der Waals surface area contributed by atoms with E-state index < -0.39 is 0 Å². The maximum atomic E-state index is 2.65. The van der Waals surface area contributed by atoms with E-state index in [4.69, 9.17) is 0 Å². The second-order valence-corrected chi connectivity index (χ2v) is 21.5. The quantitative estimate of drug-likeness (QED) is 0.196. The average molecular weight is 737 g/mol. The van der Waals surface area contributed by atoms with E-state index in [9.17, 15) is 0 Å². The molecular formula is C56H64. The van der Waals surface area contributed by atoms with Crippen molar-refractivity contribution in [3.8, 4) is 22.3 Å². The molecule has 18 unspecified atom stereocenters. The van der Waals surface area contributed by atoms with Crippen molar-refractivity contribution >= 4 is 0 Å². The van der Waals surface area contributed by atoms with Crippen LogP contribution >= 0.6 is 0 Å². The van der Waals surface area contributed by atoms with Gasteiger partial charge < -0.3 is 0 Å². The summed E-state index contributed by atoms with van der Waals surface area (Å²) in [7, 11) is 0. The SMILES string of the molecule is c1ccc(-c2ccc(C3C4CCCCC4C(c4ccccc4-c4ccccc4)C4C5CCC6C7CCC8CCC9CCC(C%10CCC(C5C%106)C34)C7C98)cc2)cc1. The van der Waals surface area contributed by atoms with Crippen LogP contribution in [0.15, 0.2) is 109 Å². The number of hydrogen-bond donors (Lipinski definition) is 0. The Morgan fingerprint density at radius 1 is 0.286 bits per heavy atom. The van der Waals surface area contributed by atoms with Crippen LogP contribution in [0.5, 0.6) is 0 Å². The van der Waals surface area contributed by atoms with Crippen molar-refractivity contribution in [2.75, 3.05) is 0 Å². The molecule has 9 aliphatic rings. The van der Waals surface area contributed by atoms with Crippen molar-refractivity contribution in [1.29, 1.82) is 0 Å². The molecule has 0 saturated heterocycles. The van der Waals surface area contributed by atoms with Crippen LogP contribution in [0.25, 0.3) is 22.3 Å². The first kappa shape index (κ1) is 33.8. The second-order valence-electron chi connectivity index (χ2n) is 21.5. The number of rotatable bonds is 4. The van der Waals surface area contributed by atoms with Gasteiger partial charge in [-0.3, -0.25) is 0 Å². The molecule has 0 heteroatoms. The van der Waals surface area contributed by atoms with E-state index in [-0.39, 0.29) is 0 Å². The summed E-state index contributed by atoms with van der Waals surface area (Å²) >= 11 is 0. The van der Waals surface area contributed by atoms with Gasteiger partial charge in [0.15, 0.2) is 0 Å². The van der Waals surface area contributed by atoms with Crippen LogP contribution < -0.4 is 0 Å². The van der Waals surface area contributed by atoms with Gasteiger partial charge in [0.25, 0.3) is 0 Å². The first-order valence-corrected chi connectivity index (χ1v) is 24.1. The molecule has 13 rings (SSSR count). The van der Waals surface area contributed by atoms with Gasteiger partial charge in [0.1, 0.15) is 0 Å². The zero-order chi connectivity index (χ0) is 36.5. The molecule has 4 aromatic carbocycles. The maximum Gasteiger partial charge on any atom is -0.00905 e. The monoisotopic (exact) mass is 737 g/mol. The lowest BCUT2D eigenvalue weighted by molar-refractivity contribution is -0.169. The van der Waals surface area contributed by atoms with E-state index in [1.165, 1.54) is 42.4 Å². The molecule has 9 fully saturated rings. The van der Waals surface area contributed by atoms with Crippen LogP contribution in [-0.4, -0.2) is 0 Å². The fraction of sp³-hybridized carbons (Fsp3) is 0.571. The lowest BCUT2D eigenvalue weighted by Crippen LogP contribution is -2.59. The van der Waals surface area contributed by atoms with Gasteiger partial charge in [0, 0.05) is 0 Å². The van der Waals surface area contributed by atoms with E-state index in [1.54, 1.807) is 80.9 Å². The minimum Gasteiger partial charge on any atom is -0.0622 e. The van der Waals surface area contributed by atoms with E-state index >= 15 is 0 Å². The normalized spacial score (nSPS) is 45.2. The van der Waals surface area contributed by atoms with Gasteiger partial charge in [-0.25, -0.2) is 0 Å². The highest BCUT2D eigenvalue weighted by Crippen LogP contribution is 2.77. The Bertz CT molecular complexity index is 2020. The zero-order valence-corrected chi connectivity index (χ0v) is 33.7. The highest BCUT2D eigenvalue weighted by atomic mass is 14.7. The van der Waals surface area contributed by atoms with Crippen molar-refractivity contribution < 1.29 is 0 Å². The van der Waals surface area contributed by atoms with Crippen LogP contribution in [0, 0.1) is 94.7 Å². The van der Waals surface area contributed by atoms with E-state index in [0.717, 1.165) is 101 Å². The summed E-state index contributed by atoms with van der Waals surface area (Å²) in [5, 5.41) is 0. The Balaban J connectivity index is 0.958. The summed E-state index contributed by atoms with van der Waals surface area (Å²) in [5.41, 5.74) is 9.21. The average Bonchev–Trinajstić information content (AvgIpc) is 3.85. The summed E-state index contributed by atoms with van der Waals surface area (Å²) in [6.45, 7) is 0. The van der Waals surface area contributed by atoms with Crippen molar-refractivity contribution in [3.05, 3.63) is 120 Å². The Labute approximate surface area is 337 Å². The van der Waals surface area contributed by atoms with Crippen molar-refractivity contribution in [1.82, 2.24) is 0 Å². The molecule has 0 bridgehead atoms. The summed E-state index contributed by atoms with van der Waals surface area (Å²) in [4.78, 5) is 0. The summed E-state index contributed by atoms with van der Waals surface area (Å²) < 4.78 is 0. The van der Waals surface area contributed by atoms with Crippen molar-refractivity contribution in [2.45, 2.75) is 102 Å². The van der Waals surface area contributed by atoms with E-state index in [1.807, 2.05) is 0 Å². The number of hydrogen-bond acceptors (Lipinski definition) is 0. The molecule has 0 nitrogen and oxygen atoms in total. The third-order valence-electron chi connectivity index (χ3n) is 20.2. The predicted octanol–water partition coefficient (Wildman–Crippen LogP) is 14.3. The molecule has 56 heavy (non-hydrogen) atoms. The van der Waals surface area contributed by atoms with Crippen molar-refractivity contribution in [2.24, 2.45) is 94.7 Å². The first-order chi connectivity index (χ1) is 27.8. The molecule has 9 saturated carbocycles. The molecule has 0 spiro atoms. The zero-order valence-electron chi connectivity index (χ0n) is 33.7. The van der Waals surface area contributed by atoms with Crippen LogP contribution in [0.1, 0.15) is 113 Å². The smallest absolute Gasteiger partial charge is 0.00905 e. The van der Waals surface area contributed by atoms with Gasteiger partial charge in [0.05, 0.1) is 0 Å². The second kappa shape index (κ2) is 13.2. The fourth-order valence-electron chi connectivity index (χ4n) is 19.1. The van der Waals surface area contributed by atoms with Gasteiger partial charge in [-0.15, -0.1) is 0 Å². The Kier molecular flexibility index (Phi) is 7.97. The fourth-order valence-corrected chi connectivity index (χ4v) is 19.1. The third-order valence-corrected chi connectivity index (χ3v) is 20.2. The third kappa shape index (κ3) is 4.83. The summed E-state index contributed by atoms with van der Waals surface area (Å²) in [5.74, 6) is 17.2. The summed E-state index contributed by atoms with van der Waals surface area (Å²) in [6, 6.07) is 43.0. The molecule has 9 aliphatic carbocycles. The minimum atomic E-state index is 0.702. The van der Waals surface area contributed by atoms with Crippen molar-refractivity contribution in [3.63, 3.8) is 0 Å². The Hall–Kier alpha value is -3.12. The van der Waals surface area contributed by atoms with Crippen LogP contribution in [0.3, 0.4) is 0 Å². The Morgan fingerprint density at radius 2 is 0.732 bits per heavy atom. The molecule has 0 heterocycles. The highest BCUT2D eigenvalue weighted by Gasteiger charge is 2.70. The lowest BCUT2D eigenvalue weighted by atomic mass is 9.40. The molecule has 4 aromatic rings. The topological polar surface area (TPSA) is 0 Å². The molecule has 0 aromatic heterocycles. The van der Waals surface area contributed by atoms with Gasteiger partial charge in [-0.2, -0.15) is 0 Å². The van der Waals surface area contributed by atoms with Gasteiger partial charge in [-0.1, -0.05) is 122 Å². The van der Waals surface area contributed by atoms with Crippen LogP contribution in [0.4, 0.5) is 0 Å². The van der Waals surface area contributed by atoms with E-state index in [2.05, 4.69) is 109 Å². The standard InChI is InChI=1S/C56H64/c1-3-11-33(12-4-1)34-19-21-38(22-20-34)50-41-17-9-10-18-42(41)53(40-16-8-7-15-39(40)35-13-5-2-6-14-35)56-48-32-30-46-44-28-26-37-24-23-36-25-27-43(51(44)49(36)37)45-29-31-47(55(50)56)54(48)52(45)46/h1-8,11-16,19-22,36-37,41-56H,9-10,17-18,23-32H2. The Morgan fingerprint density at radius 3 is 1.38 bits per heavy atom. The van der Waals surface area contributed by atoms with E-state index in [0.29, 0.717) is 5.92 Å². The molecule has 18 atom stereocenters. The first-order valence-electron chi connectivity index (χ1n) is 24.1. The molecule has 288 valence electrons.